The normalized spacial score (nSPS) is 21.4. The van der Waals surface area contributed by atoms with Gasteiger partial charge in [0.1, 0.15) is 11.2 Å². The van der Waals surface area contributed by atoms with Crippen LogP contribution >= 0.6 is 15.9 Å². The number of rotatable bonds is 4. The second kappa shape index (κ2) is 7.11. The SMILES string of the molecule is COC(=O)C1(C(=O)N2CCC[C@@H](C(=O)Nc3ccc(Br)cn3)C2)CC1. The summed E-state index contributed by atoms with van der Waals surface area (Å²) in [4.78, 5) is 42.9. The minimum atomic E-state index is -1.01. The van der Waals surface area contributed by atoms with Crippen LogP contribution in [0.5, 0.6) is 0 Å². The zero-order valence-corrected chi connectivity index (χ0v) is 15.5. The summed E-state index contributed by atoms with van der Waals surface area (Å²) in [7, 11) is 1.30. The number of hydrogen-bond acceptors (Lipinski definition) is 5. The van der Waals surface area contributed by atoms with Gasteiger partial charge in [0, 0.05) is 23.8 Å². The molecule has 1 N–H and O–H groups in total. The molecule has 25 heavy (non-hydrogen) atoms. The molecule has 1 saturated carbocycles. The minimum Gasteiger partial charge on any atom is -0.468 e. The summed E-state index contributed by atoms with van der Waals surface area (Å²) < 4.78 is 5.61. The molecule has 1 aliphatic heterocycles. The molecule has 134 valence electrons. The number of esters is 1. The predicted molar refractivity (Wildman–Crippen MR) is 93.6 cm³/mol. The first-order chi connectivity index (χ1) is 12.0. The molecule has 1 saturated heterocycles. The summed E-state index contributed by atoms with van der Waals surface area (Å²) in [5.41, 5.74) is -1.01. The molecule has 2 fully saturated rings. The molecule has 0 aromatic carbocycles. The Kier molecular flexibility index (Phi) is 5.08. The van der Waals surface area contributed by atoms with E-state index in [4.69, 9.17) is 4.74 Å². The summed E-state index contributed by atoms with van der Waals surface area (Å²) in [5, 5.41) is 2.79. The topological polar surface area (TPSA) is 88.6 Å². The van der Waals surface area contributed by atoms with Crippen molar-refractivity contribution in [2.75, 3.05) is 25.5 Å². The lowest BCUT2D eigenvalue weighted by Crippen LogP contribution is -2.48. The van der Waals surface area contributed by atoms with E-state index in [1.807, 2.05) is 0 Å². The maximum absolute atomic E-state index is 12.7. The molecule has 2 aliphatic rings. The number of aromatic nitrogens is 1. The van der Waals surface area contributed by atoms with Crippen LogP contribution in [0.2, 0.25) is 0 Å². The second-order valence-corrected chi connectivity index (χ2v) is 7.43. The number of carbonyl (C=O) groups is 3. The summed E-state index contributed by atoms with van der Waals surface area (Å²) in [5.74, 6) is -0.668. The Hall–Kier alpha value is -1.96. The summed E-state index contributed by atoms with van der Waals surface area (Å²) in [6, 6.07) is 3.51. The number of piperidine rings is 1. The van der Waals surface area contributed by atoms with E-state index >= 15 is 0 Å². The Morgan fingerprint density at radius 1 is 1.36 bits per heavy atom. The zero-order chi connectivity index (χ0) is 18.0. The quantitative estimate of drug-likeness (QED) is 0.606. The summed E-state index contributed by atoms with van der Waals surface area (Å²) >= 11 is 3.30. The Morgan fingerprint density at radius 2 is 2.12 bits per heavy atom. The van der Waals surface area contributed by atoms with Gasteiger partial charge in [-0.3, -0.25) is 14.4 Å². The molecule has 1 aromatic rings. The molecule has 0 spiro atoms. The second-order valence-electron chi connectivity index (χ2n) is 6.51. The fourth-order valence-electron chi connectivity index (χ4n) is 3.18. The molecular formula is C17H20BrN3O4. The van der Waals surface area contributed by atoms with Crippen molar-refractivity contribution in [2.45, 2.75) is 25.7 Å². The van der Waals surface area contributed by atoms with Crippen molar-refractivity contribution in [1.82, 2.24) is 9.88 Å². The number of carbonyl (C=O) groups excluding carboxylic acids is 3. The monoisotopic (exact) mass is 409 g/mol. The van der Waals surface area contributed by atoms with Crippen LogP contribution in [0, 0.1) is 11.3 Å². The van der Waals surface area contributed by atoms with Gasteiger partial charge in [-0.1, -0.05) is 0 Å². The first-order valence-electron chi connectivity index (χ1n) is 8.26. The highest BCUT2D eigenvalue weighted by Gasteiger charge is 2.59. The first kappa shape index (κ1) is 17.8. The van der Waals surface area contributed by atoms with Gasteiger partial charge >= 0.3 is 5.97 Å². The van der Waals surface area contributed by atoms with E-state index in [-0.39, 0.29) is 17.7 Å². The van der Waals surface area contributed by atoms with Crippen molar-refractivity contribution in [1.29, 1.82) is 0 Å². The Bertz CT molecular complexity index is 688. The molecule has 0 bridgehead atoms. The molecular weight excluding hydrogens is 390 g/mol. The van der Waals surface area contributed by atoms with E-state index in [9.17, 15) is 14.4 Å². The predicted octanol–water partition coefficient (Wildman–Crippen LogP) is 1.97. The van der Waals surface area contributed by atoms with Crippen LogP contribution in [0.1, 0.15) is 25.7 Å². The van der Waals surface area contributed by atoms with Crippen LogP contribution in [0.3, 0.4) is 0 Å². The third-order valence-corrected chi connectivity index (χ3v) is 5.26. The third kappa shape index (κ3) is 3.68. The molecule has 8 heteroatoms. The number of hydrogen-bond donors (Lipinski definition) is 1. The van der Waals surface area contributed by atoms with E-state index < -0.39 is 11.4 Å². The molecule has 2 heterocycles. The lowest BCUT2D eigenvalue weighted by molar-refractivity contribution is -0.156. The standard InChI is InChI=1S/C17H20BrN3O4/c1-25-16(24)17(6-7-17)15(23)21-8-2-3-11(10-21)14(22)20-13-5-4-12(18)9-19-13/h4-5,9,11H,2-3,6-8,10H2,1H3,(H,19,20,22)/t11-/m1/s1. The van der Waals surface area contributed by atoms with Gasteiger partial charge in [0.2, 0.25) is 11.8 Å². The highest BCUT2D eigenvalue weighted by atomic mass is 79.9. The van der Waals surface area contributed by atoms with Crippen molar-refractivity contribution in [3.8, 4) is 0 Å². The molecule has 1 aromatic heterocycles. The first-order valence-corrected chi connectivity index (χ1v) is 9.06. The molecule has 0 radical (unpaired) electrons. The summed E-state index contributed by atoms with van der Waals surface area (Å²) in [6.45, 7) is 0.887. The van der Waals surface area contributed by atoms with Gasteiger partial charge in [0.15, 0.2) is 0 Å². The van der Waals surface area contributed by atoms with Crippen LogP contribution in [-0.4, -0.2) is 47.9 Å². The zero-order valence-electron chi connectivity index (χ0n) is 14.0. The van der Waals surface area contributed by atoms with Crippen LogP contribution in [0.4, 0.5) is 5.82 Å². The van der Waals surface area contributed by atoms with Crippen LogP contribution in [0.15, 0.2) is 22.8 Å². The number of likely N-dealkylation sites (tertiary alicyclic amines) is 1. The average Bonchev–Trinajstić information content (AvgIpc) is 3.44. The number of nitrogens with zero attached hydrogens (tertiary/aromatic N) is 2. The number of nitrogens with one attached hydrogen (secondary N) is 1. The number of amides is 2. The molecule has 3 rings (SSSR count). The highest BCUT2D eigenvalue weighted by Crippen LogP contribution is 2.48. The Balaban J connectivity index is 1.63. The van der Waals surface area contributed by atoms with Gasteiger partial charge in [-0.05, 0) is 53.7 Å². The van der Waals surface area contributed by atoms with Gasteiger partial charge in [0.05, 0.1) is 13.0 Å². The number of methoxy groups -OCH3 is 1. The maximum Gasteiger partial charge on any atom is 0.321 e. The van der Waals surface area contributed by atoms with Crippen LogP contribution in [-0.2, 0) is 19.1 Å². The van der Waals surface area contributed by atoms with Gasteiger partial charge in [-0.25, -0.2) is 4.98 Å². The van der Waals surface area contributed by atoms with E-state index in [0.29, 0.717) is 38.2 Å². The van der Waals surface area contributed by atoms with Crippen LogP contribution in [0.25, 0.3) is 0 Å². The number of halogens is 1. The minimum absolute atomic E-state index is 0.157. The Labute approximate surface area is 154 Å². The van der Waals surface area contributed by atoms with Gasteiger partial charge in [0.25, 0.3) is 0 Å². The van der Waals surface area contributed by atoms with Crippen molar-refractivity contribution >= 4 is 39.5 Å². The van der Waals surface area contributed by atoms with Crippen molar-refractivity contribution in [3.63, 3.8) is 0 Å². The highest BCUT2D eigenvalue weighted by molar-refractivity contribution is 9.10. The largest absolute Gasteiger partial charge is 0.468 e. The fourth-order valence-corrected chi connectivity index (χ4v) is 3.42. The number of pyridine rings is 1. The third-order valence-electron chi connectivity index (χ3n) is 4.79. The fraction of sp³-hybridized carbons (Fsp3) is 0.529. The smallest absolute Gasteiger partial charge is 0.321 e. The molecule has 1 aliphatic carbocycles. The molecule has 1 atom stereocenters. The Morgan fingerprint density at radius 3 is 2.72 bits per heavy atom. The van der Waals surface area contributed by atoms with Gasteiger partial charge in [-0.2, -0.15) is 0 Å². The van der Waals surface area contributed by atoms with Crippen molar-refractivity contribution < 1.29 is 19.1 Å². The van der Waals surface area contributed by atoms with Gasteiger partial charge < -0.3 is 15.0 Å². The number of anilines is 1. The maximum atomic E-state index is 12.7. The molecule has 7 nitrogen and oxygen atoms in total. The van der Waals surface area contributed by atoms with Crippen molar-refractivity contribution in [3.05, 3.63) is 22.8 Å². The molecule has 0 unspecified atom stereocenters. The van der Waals surface area contributed by atoms with E-state index in [2.05, 4.69) is 26.2 Å². The van der Waals surface area contributed by atoms with E-state index in [1.54, 1.807) is 23.2 Å². The van der Waals surface area contributed by atoms with E-state index in [1.165, 1.54) is 7.11 Å². The van der Waals surface area contributed by atoms with Crippen molar-refractivity contribution in [2.24, 2.45) is 11.3 Å². The lowest BCUT2D eigenvalue weighted by Gasteiger charge is -2.33. The van der Waals surface area contributed by atoms with E-state index in [0.717, 1.165) is 10.9 Å². The van der Waals surface area contributed by atoms with Crippen LogP contribution < -0.4 is 5.32 Å². The molecule has 2 amide bonds. The lowest BCUT2D eigenvalue weighted by atomic mass is 9.95. The number of ether oxygens (including phenoxy) is 1. The van der Waals surface area contributed by atoms with Gasteiger partial charge in [-0.15, -0.1) is 0 Å². The average molecular weight is 410 g/mol. The summed E-state index contributed by atoms with van der Waals surface area (Å²) in [6.07, 6.45) is 4.09.